The standard InChI is InChI=1S/C21H23N3O6S/c1-14(11-15-3-2-8-30-15)22-21(26)18-13-20(25)23-19-5-4-16(12-17(18)19)31(27,28)24-6-9-29-10-7-24/h2-5,8,12-14H,6-7,9-11H2,1H3,(H,22,26)(H,23,25). The highest BCUT2D eigenvalue weighted by atomic mass is 32.2. The fourth-order valence-corrected chi connectivity index (χ4v) is 5.04. The molecule has 164 valence electrons. The number of hydrogen-bond donors (Lipinski definition) is 2. The van der Waals surface area contributed by atoms with Gasteiger partial charge >= 0.3 is 0 Å². The number of carbonyl (C=O) groups excluding carboxylic acids is 1. The zero-order valence-electron chi connectivity index (χ0n) is 17.0. The molecule has 1 aliphatic rings. The Bertz CT molecular complexity index is 1240. The maximum Gasteiger partial charge on any atom is 0.252 e. The van der Waals surface area contributed by atoms with Crippen molar-refractivity contribution in [3.63, 3.8) is 0 Å². The maximum atomic E-state index is 13.0. The van der Waals surface area contributed by atoms with E-state index in [2.05, 4.69) is 10.3 Å². The minimum absolute atomic E-state index is 0.0617. The van der Waals surface area contributed by atoms with Gasteiger partial charge in [0, 0.05) is 42.5 Å². The zero-order valence-corrected chi connectivity index (χ0v) is 17.8. The molecule has 3 aromatic rings. The summed E-state index contributed by atoms with van der Waals surface area (Å²) in [6, 6.07) is 8.88. The van der Waals surface area contributed by atoms with Crippen molar-refractivity contribution in [2.24, 2.45) is 0 Å². The van der Waals surface area contributed by atoms with Gasteiger partial charge in [0.05, 0.1) is 29.9 Å². The molecule has 2 aromatic heterocycles. The lowest BCUT2D eigenvalue weighted by atomic mass is 10.1. The van der Waals surface area contributed by atoms with Crippen LogP contribution >= 0.6 is 0 Å². The van der Waals surface area contributed by atoms with Crippen molar-refractivity contribution in [3.8, 4) is 0 Å². The highest BCUT2D eigenvalue weighted by Gasteiger charge is 2.27. The number of hydrogen-bond acceptors (Lipinski definition) is 6. The Morgan fingerprint density at radius 3 is 2.71 bits per heavy atom. The van der Waals surface area contributed by atoms with Crippen LogP contribution in [0.3, 0.4) is 0 Å². The summed E-state index contributed by atoms with van der Waals surface area (Å²) < 4.78 is 37.9. The Labute approximate surface area is 179 Å². The molecule has 3 heterocycles. The van der Waals surface area contributed by atoms with Crippen LogP contribution in [0, 0.1) is 0 Å². The molecule has 1 unspecified atom stereocenters. The van der Waals surface area contributed by atoms with Crippen LogP contribution in [-0.2, 0) is 21.2 Å². The molecular weight excluding hydrogens is 422 g/mol. The van der Waals surface area contributed by atoms with Crippen LogP contribution in [0.25, 0.3) is 10.9 Å². The third-order valence-electron chi connectivity index (χ3n) is 5.13. The molecule has 0 radical (unpaired) electrons. The number of nitrogens with zero attached hydrogens (tertiary/aromatic N) is 1. The smallest absolute Gasteiger partial charge is 0.252 e. The van der Waals surface area contributed by atoms with Crippen molar-refractivity contribution in [2.75, 3.05) is 26.3 Å². The van der Waals surface area contributed by atoms with Gasteiger partial charge in [0.1, 0.15) is 5.76 Å². The molecule has 0 bridgehead atoms. The highest BCUT2D eigenvalue weighted by Crippen LogP contribution is 2.23. The molecule has 0 spiro atoms. The van der Waals surface area contributed by atoms with Crippen molar-refractivity contribution in [2.45, 2.75) is 24.3 Å². The van der Waals surface area contributed by atoms with Gasteiger partial charge in [0.15, 0.2) is 0 Å². The summed E-state index contributed by atoms with van der Waals surface area (Å²) in [7, 11) is -3.75. The Balaban J connectivity index is 1.67. The van der Waals surface area contributed by atoms with E-state index in [0.29, 0.717) is 30.5 Å². The minimum Gasteiger partial charge on any atom is -0.469 e. The highest BCUT2D eigenvalue weighted by molar-refractivity contribution is 7.89. The number of sulfonamides is 1. The summed E-state index contributed by atoms with van der Waals surface area (Å²) in [6.45, 7) is 3.03. The van der Waals surface area contributed by atoms with E-state index in [-0.39, 0.29) is 29.6 Å². The average molecular weight is 445 g/mol. The molecule has 31 heavy (non-hydrogen) atoms. The molecule has 1 aliphatic heterocycles. The number of pyridine rings is 1. The number of fused-ring (bicyclic) bond motifs is 1. The summed E-state index contributed by atoms with van der Waals surface area (Å²) in [5.74, 6) is 0.263. The SMILES string of the molecule is CC(Cc1ccco1)NC(=O)c1cc(=O)[nH]c2ccc(S(=O)(=O)N3CCOCC3)cc12. The van der Waals surface area contributed by atoms with E-state index < -0.39 is 21.5 Å². The van der Waals surface area contributed by atoms with Gasteiger partial charge in [-0.2, -0.15) is 4.31 Å². The van der Waals surface area contributed by atoms with Crippen molar-refractivity contribution < 1.29 is 22.4 Å². The lowest BCUT2D eigenvalue weighted by Gasteiger charge is -2.26. The number of ether oxygens (including phenoxy) is 1. The summed E-state index contributed by atoms with van der Waals surface area (Å²) in [5, 5.41) is 3.21. The molecular formula is C21H23N3O6S. The minimum atomic E-state index is -3.75. The van der Waals surface area contributed by atoms with Crippen LogP contribution in [0.5, 0.6) is 0 Å². The Morgan fingerprint density at radius 2 is 2.00 bits per heavy atom. The molecule has 4 rings (SSSR count). The van der Waals surface area contributed by atoms with Gasteiger partial charge in [-0.15, -0.1) is 0 Å². The molecule has 1 amide bonds. The molecule has 1 fully saturated rings. The normalized spacial score (nSPS) is 16.3. The van der Waals surface area contributed by atoms with Crippen LogP contribution in [0.4, 0.5) is 0 Å². The second-order valence-corrected chi connectivity index (χ2v) is 9.37. The quantitative estimate of drug-likeness (QED) is 0.593. The van der Waals surface area contributed by atoms with Crippen LogP contribution in [-0.4, -0.2) is 56.0 Å². The number of H-pyrrole nitrogens is 1. The number of rotatable bonds is 6. The van der Waals surface area contributed by atoms with Gasteiger partial charge in [-0.25, -0.2) is 8.42 Å². The molecule has 2 N–H and O–H groups in total. The maximum absolute atomic E-state index is 13.0. The summed E-state index contributed by atoms with van der Waals surface area (Å²) >= 11 is 0. The summed E-state index contributed by atoms with van der Waals surface area (Å²) in [6.07, 6.45) is 2.04. The van der Waals surface area contributed by atoms with E-state index in [0.717, 1.165) is 5.76 Å². The van der Waals surface area contributed by atoms with E-state index in [9.17, 15) is 18.0 Å². The molecule has 10 heteroatoms. The Hall–Kier alpha value is -2.95. The largest absolute Gasteiger partial charge is 0.469 e. The van der Waals surface area contributed by atoms with Gasteiger partial charge in [0.2, 0.25) is 15.6 Å². The van der Waals surface area contributed by atoms with Crippen molar-refractivity contribution in [1.29, 1.82) is 0 Å². The first kappa shape index (κ1) is 21.3. The molecule has 0 aliphatic carbocycles. The first-order chi connectivity index (χ1) is 14.8. The fraction of sp³-hybridized carbons (Fsp3) is 0.333. The van der Waals surface area contributed by atoms with Gasteiger partial charge in [-0.05, 0) is 37.3 Å². The fourth-order valence-electron chi connectivity index (χ4n) is 3.60. The number of aromatic amines is 1. The first-order valence-electron chi connectivity index (χ1n) is 9.93. The number of furan rings is 1. The third-order valence-corrected chi connectivity index (χ3v) is 7.03. The van der Waals surface area contributed by atoms with Crippen molar-refractivity contribution in [1.82, 2.24) is 14.6 Å². The predicted molar refractivity (Wildman–Crippen MR) is 113 cm³/mol. The van der Waals surface area contributed by atoms with Gasteiger partial charge < -0.3 is 19.5 Å². The average Bonchev–Trinajstić information content (AvgIpc) is 3.26. The lowest BCUT2D eigenvalue weighted by Crippen LogP contribution is -2.40. The topological polar surface area (TPSA) is 122 Å². The Morgan fingerprint density at radius 1 is 1.23 bits per heavy atom. The van der Waals surface area contributed by atoms with Crippen LogP contribution in [0.2, 0.25) is 0 Å². The summed E-state index contributed by atoms with van der Waals surface area (Å²) in [4.78, 5) is 27.7. The monoisotopic (exact) mass is 445 g/mol. The van der Waals surface area contributed by atoms with Crippen LogP contribution in [0.15, 0.2) is 56.8 Å². The number of benzene rings is 1. The predicted octanol–water partition coefficient (Wildman–Crippen LogP) is 1.50. The third kappa shape index (κ3) is 4.55. The number of aromatic nitrogens is 1. The van der Waals surface area contributed by atoms with Gasteiger partial charge in [-0.3, -0.25) is 9.59 Å². The van der Waals surface area contributed by atoms with E-state index in [1.54, 1.807) is 12.3 Å². The number of morpholine rings is 1. The number of nitrogens with one attached hydrogen (secondary N) is 2. The molecule has 1 atom stereocenters. The molecule has 0 saturated carbocycles. The summed E-state index contributed by atoms with van der Waals surface area (Å²) in [5.41, 5.74) is 0.0569. The van der Waals surface area contributed by atoms with E-state index >= 15 is 0 Å². The first-order valence-corrected chi connectivity index (χ1v) is 11.4. The van der Waals surface area contributed by atoms with Gasteiger partial charge in [-0.1, -0.05) is 0 Å². The van der Waals surface area contributed by atoms with E-state index in [1.165, 1.54) is 28.6 Å². The van der Waals surface area contributed by atoms with E-state index in [1.807, 2.05) is 13.0 Å². The van der Waals surface area contributed by atoms with Crippen molar-refractivity contribution >= 4 is 26.8 Å². The van der Waals surface area contributed by atoms with Crippen LogP contribution < -0.4 is 10.9 Å². The molecule has 9 nitrogen and oxygen atoms in total. The second-order valence-electron chi connectivity index (χ2n) is 7.43. The van der Waals surface area contributed by atoms with Crippen molar-refractivity contribution in [3.05, 3.63) is 64.3 Å². The number of carbonyl (C=O) groups is 1. The molecule has 1 saturated heterocycles. The van der Waals surface area contributed by atoms with E-state index in [4.69, 9.17) is 9.15 Å². The second kappa shape index (κ2) is 8.66. The lowest BCUT2D eigenvalue weighted by molar-refractivity contribution is 0.0730. The van der Waals surface area contributed by atoms with Crippen LogP contribution in [0.1, 0.15) is 23.0 Å². The zero-order chi connectivity index (χ0) is 22.0. The Kier molecular flexibility index (Phi) is 5.94. The van der Waals surface area contributed by atoms with Gasteiger partial charge in [0.25, 0.3) is 5.91 Å². The number of amides is 1. The molecule has 1 aromatic carbocycles.